The average Bonchev–Trinajstić information content (AvgIpc) is 3.30. The summed E-state index contributed by atoms with van der Waals surface area (Å²) in [6.45, 7) is 6.33. The van der Waals surface area contributed by atoms with Crippen LogP contribution in [0, 0.1) is 11.3 Å². The molecule has 39 heavy (non-hydrogen) atoms. The summed E-state index contributed by atoms with van der Waals surface area (Å²) in [4.78, 5) is 27.2. The number of nitrogens with one attached hydrogen (secondary N) is 1. The molecule has 11 heteroatoms. The topological polar surface area (TPSA) is 131 Å². The third-order valence-corrected chi connectivity index (χ3v) is 6.66. The van der Waals surface area contributed by atoms with E-state index >= 15 is 0 Å². The van der Waals surface area contributed by atoms with Crippen LogP contribution in [0.3, 0.4) is 0 Å². The molecule has 0 radical (unpaired) electrons. The molecule has 1 fully saturated rings. The number of hydrogen-bond acceptors (Lipinski definition) is 9. The number of benzene rings is 1. The van der Waals surface area contributed by atoms with Crippen molar-refractivity contribution in [3.8, 4) is 17.5 Å². The molecule has 1 aromatic carbocycles. The van der Waals surface area contributed by atoms with Crippen molar-refractivity contribution in [2.45, 2.75) is 44.6 Å². The number of carbonyl (C=O) groups is 1. The van der Waals surface area contributed by atoms with E-state index in [9.17, 15) is 10.1 Å². The van der Waals surface area contributed by atoms with Gasteiger partial charge < -0.3 is 19.7 Å². The lowest BCUT2D eigenvalue weighted by Crippen LogP contribution is -2.46. The van der Waals surface area contributed by atoms with Gasteiger partial charge in [0, 0.05) is 43.1 Å². The summed E-state index contributed by atoms with van der Waals surface area (Å²) < 4.78 is 12.8. The Morgan fingerprint density at radius 2 is 1.90 bits per heavy atom. The third kappa shape index (κ3) is 5.31. The predicted octanol–water partition coefficient (Wildman–Crippen LogP) is 4.75. The lowest BCUT2D eigenvalue weighted by molar-refractivity contribution is 0.0184. The molecule has 0 saturated carbocycles. The molecular weight excluding hydrogens is 496 g/mol. The van der Waals surface area contributed by atoms with Crippen molar-refractivity contribution in [3.63, 3.8) is 0 Å². The van der Waals surface area contributed by atoms with E-state index in [0.717, 1.165) is 16.6 Å². The first kappa shape index (κ1) is 25.9. The Morgan fingerprint density at radius 3 is 2.56 bits per heavy atom. The molecule has 0 unspecified atom stereocenters. The largest absolute Gasteiger partial charge is 0.497 e. The fraction of sp³-hybridized carbons (Fsp3) is 0.357. The summed E-state index contributed by atoms with van der Waals surface area (Å²) in [7, 11) is 1.62. The van der Waals surface area contributed by atoms with Gasteiger partial charge in [-0.1, -0.05) is 0 Å². The maximum Gasteiger partial charge on any atom is 0.410 e. The molecule has 1 aliphatic heterocycles. The Kier molecular flexibility index (Phi) is 6.78. The van der Waals surface area contributed by atoms with Crippen LogP contribution in [-0.2, 0) is 10.2 Å². The van der Waals surface area contributed by atoms with Crippen LogP contribution in [0.25, 0.3) is 16.6 Å². The van der Waals surface area contributed by atoms with E-state index < -0.39 is 11.0 Å². The Bertz CT molecular complexity index is 1530. The number of amides is 1. The number of ether oxygens (including phenoxy) is 2. The number of nitriles is 1. The second kappa shape index (κ2) is 10.2. The maximum absolute atomic E-state index is 12.6. The summed E-state index contributed by atoms with van der Waals surface area (Å²) in [6.07, 6.45) is 7.06. The van der Waals surface area contributed by atoms with Gasteiger partial charge in [0.05, 0.1) is 36.3 Å². The first-order valence-corrected chi connectivity index (χ1v) is 12.7. The van der Waals surface area contributed by atoms with Crippen LogP contribution in [0.1, 0.15) is 39.3 Å². The lowest BCUT2D eigenvalue weighted by Gasteiger charge is -2.37. The van der Waals surface area contributed by atoms with Gasteiger partial charge in [0.15, 0.2) is 5.82 Å². The standard InChI is InChI=1S/C28H30N8O3/c1-27(2,3)39-26(37)35-13-8-28(18-29,9-14-35)23-15-19(7-10-31-23)36-22-16-20(38-4)5-6-21(22)25(34-36)33-24-17-30-11-12-32-24/h5-7,10-12,15-17H,8-9,13-14H2,1-4H3,(H,32,33,34). The summed E-state index contributed by atoms with van der Waals surface area (Å²) in [5.41, 5.74) is 0.780. The molecule has 1 amide bonds. The van der Waals surface area contributed by atoms with E-state index in [1.54, 1.807) is 41.5 Å². The smallest absolute Gasteiger partial charge is 0.410 e. The van der Waals surface area contributed by atoms with Gasteiger partial charge >= 0.3 is 6.09 Å². The molecule has 1 N–H and O–H groups in total. The first-order valence-electron chi connectivity index (χ1n) is 12.7. The minimum absolute atomic E-state index is 0.365. The molecule has 0 spiro atoms. The second-order valence-electron chi connectivity index (χ2n) is 10.4. The molecule has 5 rings (SSSR count). The fourth-order valence-electron chi connectivity index (χ4n) is 4.63. The predicted molar refractivity (Wildman–Crippen MR) is 145 cm³/mol. The number of carbonyl (C=O) groups excluding carboxylic acids is 1. The van der Waals surface area contributed by atoms with Crippen LogP contribution in [0.5, 0.6) is 5.75 Å². The van der Waals surface area contributed by atoms with Crippen molar-refractivity contribution in [3.05, 3.63) is 60.8 Å². The van der Waals surface area contributed by atoms with E-state index in [1.165, 1.54) is 0 Å². The van der Waals surface area contributed by atoms with Crippen molar-refractivity contribution < 1.29 is 14.3 Å². The SMILES string of the molecule is COc1ccc2c(Nc3cnccn3)nn(-c3ccnc(C4(C#N)CCN(C(=O)OC(C)(C)C)CC4)c3)c2c1. The highest BCUT2D eigenvalue weighted by atomic mass is 16.6. The van der Waals surface area contributed by atoms with Crippen LogP contribution in [0.4, 0.5) is 16.4 Å². The van der Waals surface area contributed by atoms with E-state index in [0.29, 0.717) is 49.0 Å². The van der Waals surface area contributed by atoms with Gasteiger partial charge in [-0.2, -0.15) is 5.26 Å². The molecule has 0 atom stereocenters. The quantitative estimate of drug-likeness (QED) is 0.391. The van der Waals surface area contributed by atoms with Crippen molar-refractivity contribution in [1.29, 1.82) is 5.26 Å². The fourth-order valence-corrected chi connectivity index (χ4v) is 4.63. The Balaban J connectivity index is 1.48. The van der Waals surface area contributed by atoms with Crippen LogP contribution in [0.15, 0.2) is 55.1 Å². The molecule has 0 bridgehead atoms. The molecule has 1 aliphatic rings. The summed E-state index contributed by atoms with van der Waals surface area (Å²) >= 11 is 0. The van der Waals surface area contributed by atoms with E-state index in [1.807, 2.05) is 51.1 Å². The summed E-state index contributed by atoms with van der Waals surface area (Å²) in [5.74, 6) is 1.86. The third-order valence-electron chi connectivity index (χ3n) is 6.66. The van der Waals surface area contributed by atoms with Crippen molar-refractivity contribution in [2.24, 2.45) is 0 Å². The number of piperidine rings is 1. The number of aromatic nitrogens is 5. The van der Waals surface area contributed by atoms with Gasteiger partial charge in [0.25, 0.3) is 0 Å². The molecule has 1 saturated heterocycles. The van der Waals surface area contributed by atoms with Gasteiger partial charge in [0.1, 0.15) is 22.6 Å². The summed E-state index contributed by atoms with van der Waals surface area (Å²) in [6, 6.07) is 11.9. The zero-order chi connectivity index (χ0) is 27.6. The highest BCUT2D eigenvalue weighted by Gasteiger charge is 2.40. The second-order valence-corrected chi connectivity index (χ2v) is 10.4. The highest BCUT2D eigenvalue weighted by molar-refractivity contribution is 5.93. The van der Waals surface area contributed by atoms with E-state index in [4.69, 9.17) is 14.6 Å². The number of fused-ring (bicyclic) bond motifs is 1. The van der Waals surface area contributed by atoms with Crippen molar-refractivity contribution in [2.75, 3.05) is 25.5 Å². The number of pyridine rings is 1. The monoisotopic (exact) mass is 526 g/mol. The molecule has 11 nitrogen and oxygen atoms in total. The number of methoxy groups -OCH3 is 1. The Labute approximate surface area is 226 Å². The zero-order valence-electron chi connectivity index (χ0n) is 22.4. The maximum atomic E-state index is 12.6. The van der Waals surface area contributed by atoms with Crippen molar-refractivity contribution >= 4 is 28.6 Å². The van der Waals surface area contributed by atoms with Crippen LogP contribution >= 0.6 is 0 Å². The molecule has 0 aliphatic carbocycles. The van der Waals surface area contributed by atoms with Gasteiger partial charge in [-0.25, -0.2) is 14.5 Å². The average molecular weight is 527 g/mol. The van der Waals surface area contributed by atoms with E-state index in [2.05, 4.69) is 26.3 Å². The molecule has 3 aromatic heterocycles. The normalized spacial score (nSPS) is 15.0. The van der Waals surface area contributed by atoms with Gasteiger partial charge in [-0.3, -0.25) is 9.97 Å². The Morgan fingerprint density at radius 1 is 1.10 bits per heavy atom. The van der Waals surface area contributed by atoms with E-state index in [-0.39, 0.29) is 6.09 Å². The highest BCUT2D eigenvalue weighted by Crippen LogP contribution is 2.36. The number of rotatable bonds is 5. The molecule has 4 aromatic rings. The first-order chi connectivity index (χ1) is 18.7. The number of anilines is 2. The zero-order valence-corrected chi connectivity index (χ0v) is 22.4. The molecule has 4 heterocycles. The van der Waals surface area contributed by atoms with Gasteiger partial charge in [-0.05, 0) is 57.9 Å². The van der Waals surface area contributed by atoms with Crippen LogP contribution in [-0.4, -0.2) is 61.5 Å². The van der Waals surface area contributed by atoms with Gasteiger partial charge in [-0.15, -0.1) is 5.10 Å². The summed E-state index contributed by atoms with van der Waals surface area (Å²) in [5, 5.41) is 19.2. The minimum Gasteiger partial charge on any atom is -0.497 e. The molecule has 200 valence electrons. The number of nitrogens with zero attached hydrogens (tertiary/aromatic N) is 7. The van der Waals surface area contributed by atoms with Gasteiger partial charge in [0.2, 0.25) is 0 Å². The van der Waals surface area contributed by atoms with Crippen molar-refractivity contribution in [1.82, 2.24) is 29.6 Å². The number of likely N-dealkylation sites (tertiary alicyclic amines) is 1. The Hall–Kier alpha value is -4.72. The van der Waals surface area contributed by atoms with Crippen LogP contribution in [0.2, 0.25) is 0 Å². The lowest BCUT2D eigenvalue weighted by atomic mass is 9.76. The van der Waals surface area contributed by atoms with Crippen LogP contribution < -0.4 is 10.1 Å². The molecular formula is C28H30N8O3. The minimum atomic E-state index is -0.837. The number of hydrogen-bond donors (Lipinski definition) is 1.